The van der Waals surface area contributed by atoms with Gasteiger partial charge in [0.2, 0.25) is 0 Å². The summed E-state index contributed by atoms with van der Waals surface area (Å²) >= 11 is 1.35. The number of ether oxygens (including phenoxy) is 3. The number of fused-ring (bicyclic) bond motifs is 3. The third kappa shape index (κ3) is 4.79. The monoisotopic (exact) mass is 536 g/mol. The summed E-state index contributed by atoms with van der Waals surface area (Å²) in [6.45, 7) is 7.52. The number of carbonyl (C=O) groups is 2. The van der Waals surface area contributed by atoms with Gasteiger partial charge in [0.25, 0.3) is 6.01 Å². The van der Waals surface area contributed by atoms with Crippen LogP contribution in [0.1, 0.15) is 34.1 Å². The number of oxazole rings is 1. The van der Waals surface area contributed by atoms with E-state index in [1.165, 1.54) is 30.4 Å². The minimum atomic E-state index is -4.22. The smallest absolute Gasteiger partial charge is 0.459 e. The van der Waals surface area contributed by atoms with Crippen molar-refractivity contribution >= 4 is 40.5 Å². The third-order valence-electron chi connectivity index (χ3n) is 5.98. The van der Waals surface area contributed by atoms with Crippen LogP contribution in [-0.2, 0) is 14.3 Å². The lowest BCUT2D eigenvalue weighted by Gasteiger charge is -2.55. The Balaban J connectivity index is 1.45. The van der Waals surface area contributed by atoms with Gasteiger partial charge in [-0.05, 0) is 46.2 Å². The normalized spacial score (nSPS) is 19.5. The minimum Gasteiger partial charge on any atom is -0.459 e. The van der Waals surface area contributed by atoms with Crippen molar-refractivity contribution in [1.29, 1.82) is 0 Å². The SMILES string of the molecule is CCOC(=O)C(F)(F)Oc1ccc(-c2nccs2)c2oc(N3CC4CC(C3)N4C(=O)OC(C)(C)C)nc12. The molecule has 198 valence electrons. The maximum absolute atomic E-state index is 14.4. The van der Waals surface area contributed by atoms with Gasteiger partial charge in [-0.3, -0.25) is 4.90 Å². The predicted octanol–water partition coefficient (Wildman–Crippen LogP) is 4.68. The van der Waals surface area contributed by atoms with E-state index >= 15 is 0 Å². The molecule has 2 aromatic heterocycles. The summed E-state index contributed by atoms with van der Waals surface area (Å²) in [4.78, 5) is 36.7. The third-order valence-corrected chi connectivity index (χ3v) is 6.78. The van der Waals surface area contributed by atoms with E-state index in [9.17, 15) is 18.4 Å². The maximum atomic E-state index is 14.4. The number of piperidine rings is 1. The van der Waals surface area contributed by atoms with E-state index < -0.39 is 17.7 Å². The number of nitrogens with zero attached hydrogens (tertiary/aromatic N) is 4. The molecule has 3 fully saturated rings. The lowest BCUT2D eigenvalue weighted by molar-refractivity contribution is -0.216. The molecule has 2 bridgehead atoms. The molecule has 13 heteroatoms. The van der Waals surface area contributed by atoms with Crippen molar-refractivity contribution in [3.05, 3.63) is 23.7 Å². The van der Waals surface area contributed by atoms with Crippen molar-refractivity contribution in [2.45, 2.75) is 57.9 Å². The molecule has 2 unspecified atom stereocenters. The Morgan fingerprint density at radius 3 is 2.57 bits per heavy atom. The van der Waals surface area contributed by atoms with Crippen LogP contribution in [0.5, 0.6) is 5.75 Å². The Hall–Kier alpha value is -3.48. The molecule has 0 radical (unpaired) electrons. The van der Waals surface area contributed by atoms with E-state index in [1.54, 1.807) is 16.5 Å². The van der Waals surface area contributed by atoms with Gasteiger partial charge in [0.15, 0.2) is 16.8 Å². The number of thiazole rings is 1. The summed E-state index contributed by atoms with van der Waals surface area (Å²) in [5.41, 5.74) is 0.170. The van der Waals surface area contributed by atoms with Crippen LogP contribution >= 0.6 is 11.3 Å². The van der Waals surface area contributed by atoms with Crippen LogP contribution < -0.4 is 9.64 Å². The second-order valence-corrected chi connectivity index (χ2v) is 10.7. The fraction of sp³-hybridized carbons (Fsp3) is 0.500. The van der Waals surface area contributed by atoms with Crippen molar-refractivity contribution in [3.63, 3.8) is 0 Å². The molecule has 0 saturated carbocycles. The Morgan fingerprint density at radius 2 is 1.95 bits per heavy atom. The lowest BCUT2D eigenvalue weighted by atomic mass is 9.88. The fourth-order valence-corrected chi connectivity index (χ4v) is 5.15. The molecule has 1 amide bonds. The van der Waals surface area contributed by atoms with Gasteiger partial charge in [-0.2, -0.15) is 13.8 Å². The molecule has 0 aliphatic carbocycles. The quantitative estimate of drug-likeness (QED) is 0.415. The molecule has 6 rings (SSSR count). The highest BCUT2D eigenvalue weighted by Crippen LogP contribution is 2.41. The Kier molecular flexibility index (Phi) is 6.21. The molecular formula is C24H26F2N4O6S. The van der Waals surface area contributed by atoms with E-state index in [1.807, 2.05) is 25.7 Å². The average Bonchev–Trinajstić information content (AvgIpc) is 3.49. The highest BCUT2D eigenvalue weighted by atomic mass is 32.1. The van der Waals surface area contributed by atoms with E-state index in [0.717, 1.165) is 6.42 Å². The topological polar surface area (TPSA) is 107 Å². The second kappa shape index (κ2) is 9.12. The number of amides is 1. The zero-order valence-corrected chi connectivity index (χ0v) is 21.5. The van der Waals surface area contributed by atoms with Crippen molar-refractivity contribution in [3.8, 4) is 16.3 Å². The van der Waals surface area contributed by atoms with Crippen LogP contribution in [0.3, 0.4) is 0 Å². The van der Waals surface area contributed by atoms with Crippen LogP contribution in [0.4, 0.5) is 19.6 Å². The number of aromatic nitrogens is 2. The maximum Gasteiger partial charge on any atom is 0.502 e. The van der Waals surface area contributed by atoms with Crippen LogP contribution in [0.15, 0.2) is 28.1 Å². The molecule has 3 aromatic rings. The first-order chi connectivity index (χ1) is 17.5. The summed E-state index contributed by atoms with van der Waals surface area (Å²) < 4.78 is 49.7. The molecule has 10 nitrogen and oxygen atoms in total. The lowest BCUT2D eigenvalue weighted by Crippen LogP contribution is -2.70. The molecule has 0 N–H and O–H groups in total. The second-order valence-electron chi connectivity index (χ2n) is 9.80. The first-order valence-corrected chi connectivity index (χ1v) is 12.7. The van der Waals surface area contributed by atoms with Gasteiger partial charge in [-0.25, -0.2) is 14.6 Å². The van der Waals surface area contributed by atoms with Crippen LogP contribution in [0.25, 0.3) is 21.7 Å². The number of piperazine rings is 1. The Labute approximate surface area is 215 Å². The number of anilines is 1. The highest BCUT2D eigenvalue weighted by molar-refractivity contribution is 7.13. The molecule has 2 atom stereocenters. The van der Waals surface area contributed by atoms with E-state index in [4.69, 9.17) is 13.9 Å². The van der Waals surface area contributed by atoms with Gasteiger partial charge in [0, 0.05) is 24.7 Å². The molecule has 1 aromatic carbocycles. The van der Waals surface area contributed by atoms with Crippen molar-refractivity contribution in [1.82, 2.24) is 14.9 Å². The zero-order valence-electron chi connectivity index (χ0n) is 20.7. The van der Waals surface area contributed by atoms with E-state index in [-0.39, 0.29) is 47.6 Å². The first-order valence-electron chi connectivity index (χ1n) is 11.8. The Bertz CT molecular complexity index is 1310. The van der Waals surface area contributed by atoms with E-state index in [0.29, 0.717) is 23.7 Å². The van der Waals surface area contributed by atoms with Gasteiger partial charge in [-0.15, -0.1) is 11.3 Å². The zero-order chi connectivity index (χ0) is 26.5. The molecule has 3 aliphatic rings. The number of alkyl halides is 2. The molecule has 3 aliphatic heterocycles. The van der Waals surface area contributed by atoms with E-state index in [2.05, 4.69) is 14.7 Å². The van der Waals surface area contributed by atoms with Gasteiger partial charge in [-0.1, -0.05) is 0 Å². The van der Waals surface area contributed by atoms with Crippen LogP contribution in [-0.4, -0.2) is 70.4 Å². The summed E-state index contributed by atoms with van der Waals surface area (Å²) in [6, 6.07) is 2.85. The standard InChI is InChI=1S/C24H26F2N4O6S/c1-5-33-20(31)24(25,26)35-16-7-6-15(19-27-8-9-37-19)18-17(16)28-21(34-18)29-11-13-10-14(12-29)30(13)22(32)36-23(2,3)4/h6-9,13-14H,5,10-12H2,1-4H3. The largest absolute Gasteiger partial charge is 0.502 e. The Morgan fingerprint density at radius 1 is 1.22 bits per heavy atom. The highest BCUT2D eigenvalue weighted by Gasteiger charge is 2.50. The molecule has 3 saturated heterocycles. The summed E-state index contributed by atoms with van der Waals surface area (Å²) in [5.74, 6) is -2.13. The van der Waals surface area contributed by atoms with Crippen LogP contribution in [0, 0.1) is 0 Å². The summed E-state index contributed by atoms with van der Waals surface area (Å²) in [6.07, 6.45) is -2.15. The fourth-order valence-electron chi connectivity index (χ4n) is 4.49. The van der Waals surface area contributed by atoms with Crippen LogP contribution in [0.2, 0.25) is 0 Å². The van der Waals surface area contributed by atoms with Crippen molar-refractivity contribution < 1.29 is 37.0 Å². The number of hydrogen-bond donors (Lipinski definition) is 0. The first kappa shape index (κ1) is 25.2. The molecule has 37 heavy (non-hydrogen) atoms. The molecule has 5 heterocycles. The number of rotatable bonds is 6. The van der Waals surface area contributed by atoms with Crippen molar-refractivity contribution in [2.24, 2.45) is 0 Å². The number of benzene rings is 1. The molecular weight excluding hydrogens is 510 g/mol. The average molecular weight is 537 g/mol. The number of carbonyl (C=O) groups excluding carboxylic acids is 2. The number of hydrogen-bond acceptors (Lipinski definition) is 10. The molecule has 0 spiro atoms. The van der Waals surface area contributed by atoms with Gasteiger partial charge in [0.05, 0.1) is 24.3 Å². The van der Waals surface area contributed by atoms with Gasteiger partial charge < -0.3 is 23.5 Å². The summed E-state index contributed by atoms with van der Waals surface area (Å²) in [5, 5.41) is 2.38. The summed E-state index contributed by atoms with van der Waals surface area (Å²) in [7, 11) is 0. The van der Waals surface area contributed by atoms with Gasteiger partial charge >= 0.3 is 18.2 Å². The number of esters is 1. The predicted molar refractivity (Wildman–Crippen MR) is 130 cm³/mol. The van der Waals surface area contributed by atoms with Crippen molar-refractivity contribution in [2.75, 3.05) is 24.6 Å². The minimum absolute atomic E-state index is 0.0231. The van der Waals surface area contributed by atoms with Gasteiger partial charge in [0.1, 0.15) is 10.6 Å². The number of halogens is 2.